The zero-order valence-corrected chi connectivity index (χ0v) is 8.34. The van der Waals surface area contributed by atoms with Crippen LogP contribution in [0.4, 0.5) is 18.0 Å². The second-order valence-electron chi connectivity index (χ2n) is 3.14. The molecule has 0 saturated carbocycles. The summed E-state index contributed by atoms with van der Waals surface area (Å²) in [5, 5.41) is 1.98. The molecule has 0 aromatic rings. The highest BCUT2D eigenvalue weighted by Crippen LogP contribution is 2.27. The molecule has 0 spiro atoms. The van der Waals surface area contributed by atoms with Gasteiger partial charge in [0.15, 0.2) is 6.04 Å². The number of hydrogen-bond acceptors (Lipinski definition) is 4. The summed E-state index contributed by atoms with van der Waals surface area (Å²) in [6.07, 6.45) is -8.50. The molecule has 1 rings (SSSR count). The van der Waals surface area contributed by atoms with Gasteiger partial charge in [0.05, 0.1) is 13.0 Å². The number of hydrogen-bond donors (Lipinski definition) is 1. The van der Waals surface area contributed by atoms with Gasteiger partial charge in [-0.15, -0.1) is 0 Å². The lowest BCUT2D eigenvalue weighted by Gasteiger charge is -2.16. The van der Waals surface area contributed by atoms with Crippen LogP contribution < -0.4 is 5.32 Å². The molecule has 5 nitrogen and oxygen atoms in total. The molecule has 92 valence electrons. The van der Waals surface area contributed by atoms with Gasteiger partial charge in [0, 0.05) is 0 Å². The van der Waals surface area contributed by atoms with Gasteiger partial charge in [-0.05, 0) is 6.92 Å². The van der Waals surface area contributed by atoms with Crippen molar-refractivity contribution in [1.29, 1.82) is 0 Å². The number of carbonyl (C=O) groups is 2. The molecule has 0 bridgehead atoms. The minimum absolute atomic E-state index is 0.0178. The normalized spacial score (nSPS) is 24.9. The Bertz CT molecular complexity index is 291. The van der Waals surface area contributed by atoms with E-state index in [1.54, 1.807) is 0 Å². The van der Waals surface area contributed by atoms with Crippen molar-refractivity contribution in [2.45, 2.75) is 31.7 Å². The number of cyclic esters (lactones) is 1. The molecule has 0 aromatic heterocycles. The summed E-state index contributed by atoms with van der Waals surface area (Å²) in [5.41, 5.74) is 0. The number of rotatable bonds is 3. The molecule has 1 aliphatic heterocycles. The maximum absolute atomic E-state index is 12.1. The average Bonchev–Trinajstić information content (AvgIpc) is 2.44. The Kier molecular flexibility index (Phi) is 3.61. The van der Waals surface area contributed by atoms with Crippen LogP contribution in [-0.4, -0.2) is 37.0 Å². The monoisotopic (exact) mass is 241 g/mol. The standard InChI is InChI=1S/C8H10F3NO4/c1-2-15-6(13)5-4(3-8(9,10)11)16-7(14)12-5/h4-5H,2-3H2,1H3,(H,12,14)/t4-,5+/m1/s1. The van der Waals surface area contributed by atoms with Gasteiger partial charge in [-0.25, -0.2) is 9.59 Å². The molecule has 0 aliphatic carbocycles. The Labute approximate surface area is 88.9 Å². The Morgan fingerprint density at radius 3 is 2.69 bits per heavy atom. The predicted molar refractivity (Wildman–Crippen MR) is 44.5 cm³/mol. The maximum Gasteiger partial charge on any atom is 0.408 e. The fourth-order valence-electron chi connectivity index (χ4n) is 1.29. The number of alkyl carbamates (subject to hydrolysis) is 1. The number of halogens is 3. The second kappa shape index (κ2) is 4.58. The first-order valence-electron chi connectivity index (χ1n) is 4.54. The molecule has 1 saturated heterocycles. The zero-order chi connectivity index (χ0) is 12.3. The van der Waals surface area contributed by atoms with Crippen molar-refractivity contribution >= 4 is 12.1 Å². The van der Waals surface area contributed by atoms with Gasteiger partial charge >= 0.3 is 18.2 Å². The van der Waals surface area contributed by atoms with Crippen LogP contribution in [0.15, 0.2) is 0 Å². The van der Waals surface area contributed by atoms with Crippen molar-refractivity contribution in [2.75, 3.05) is 6.61 Å². The smallest absolute Gasteiger partial charge is 0.408 e. The molecule has 1 amide bonds. The van der Waals surface area contributed by atoms with Crippen LogP contribution in [0.1, 0.15) is 13.3 Å². The number of amides is 1. The molecule has 0 aromatic carbocycles. The number of nitrogens with one attached hydrogen (secondary N) is 1. The molecule has 1 aliphatic rings. The molecular formula is C8H10F3NO4. The number of carbonyl (C=O) groups excluding carboxylic acids is 2. The van der Waals surface area contributed by atoms with E-state index in [9.17, 15) is 22.8 Å². The summed E-state index contributed by atoms with van der Waals surface area (Å²) in [6.45, 7) is 1.53. The third-order valence-electron chi connectivity index (χ3n) is 1.88. The van der Waals surface area contributed by atoms with Crippen LogP contribution in [-0.2, 0) is 14.3 Å². The lowest BCUT2D eigenvalue weighted by atomic mass is 10.1. The van der Waals surface area contributed by atoms with Crippen molar-refractivity contribution in [1.82, 2.24) is 5.32 Å². The molecule has 2 atom stereocenters. The largest absolute Gasteiger partial charge is 0.464 e. The summed E-state index contributed by atoms with van der Waals surface area (Å²) in [5.74, 6) is -0.928. The quantitative estimate of drug-likeness (QED) is 0.748. The van der Waals surface area contributed by atoms with E-state index in [2.05, 4.69) is 9.47 Å². The van der Waals surface area contributed by atoms with Crippen molar-refractivity contribution in [2.24, 2.45) is 0 Å². The Morgan fingerprint density at radius 1 is 1.56 bits per heavy atom. The summed E-state index contributed by atoms with van der Waals surface area (Å²) in [4.78, 5) is 22.0. The topological polar surface area (TPSA) is 64.6 Å². The summed E-state index contributed by atoms with van der Waals surface area (Å²) >= 11 is 0. The van der Waals surface area contributed by atoms with Crippen LogP contribution in [0.25, 0.3) is 0 Å². The number of alkyl halides is 3. The molecule has 1 heterocycles. The van der Waals surface area contributed by atoms with Crippen molar-refractivity contribution in [3.8, 4) is 0 Å². The van der Waals surface area contributed by atoms with E-state index in [1.807, 2.05) is 5.32 Å². The summed E-state index contributed by atoms with van der Waals surface area (Å²) < 4.78 is 45.1. The molecule has 1 fully saturated rings. The minimum Gasteiger partial charge on any atom is -0.464 e. The average molecular weight is 241 g/mol. The van der Waals surface area contributed by atoms with Gasteiger partial charge < -0.3 is 14.8 Å². The first-order valence-corrected chi connectivity index (χ1v) is 4.54. The van der Waals surface area contributed by atoms with Crippen molar-refractivity contribution in [3.05, 3.63) is 0 Å². The predicted octanol–water partition coefficient (Wildman–Crippen LogP) is 0.979. The number of ether oxygens (including phenoxy) is 2. The van der Waals surface area contributed by atoms with E-state index < -0.39 is 36.8 Å². The molecule has 16 heavy (non-hydrogen) atoms. The van der Waals surface area contributed by atoms with Gasteiger partial charge in [0.2, 0.25) is 0 Å². The Balaban J connectivity index is 2.66. The fraction of sp³-hybridized carbons (Fsp3) is 0.750. The third-order valence-corrected chi connectivity index (χ3v) is 1.88. The van der Waals surface area contributed by atoms with Crippen LogP contribution in [0.2, 0.25) is 0 Å². The van der Waals surface area contributed by atoms with Crippen LogP contribution in [0.3, 0.4) is 0 Å². The fourth-order valence-corrected chi connectivity index (χ4v) is 1.29. The van der Waals surface area contributed by atoms with Crippen molar-refractivity contribution < 1.29 is 32.2 Å². The second-order valence-corrected chi connectivity index (χ2v) is 3.14. The van der Waals surface area contributed by atoms with E-state index >= 15 is 0 Å². The van der Waals surface area contributed by atoms with Crippen LogP contribution >= 0.6 is 0 Å². The molecule has 0 radical (unpaired) electrons. The Morgan fingerprint density at radius 2 is 2.19 bits per heavy atom. The lowest BCUT2D eigenvalue weighted by Crippen LogP contribution is -2.42. The third kappa shape index (κ3) is 3.28. The minimum atomic E-state index is -4.51. The Hall–Kier alpha value is -1.47. The number of esters is 1. The summed E-state index contributed by atoms with van der Waals surface area (Å²) in [7, 11) is 0. The highest BCUT2D eigenvalue weighted by molar-refractivity contribution is 5.84. The maximum atomic E-state index is 12.1. The van der Waals surface area contributed by atoms with E-state index in [0.717, 1.165) is 0 Å². The van der Waals surface area contributed by atoms with E-state index in [4.69, 9.17) is 0 Å². The lowest BCUT2D eigenvalue weighted by molar-refractivity contribution is -0.160. The van der Waals surface area contributed by atoms with E-state index in [1.165, 1.54) is 6.92 Å². The van der Waals surface area contributed by atoms with Crippen LogP contribution in [0, 0.1) is 0 Å². The van der Waals surface area contributed by atoms with E-state index in [-0.39, 0.29) is 6.61 Å². The zero-order valence-electron chi connectivity index (χ0n) is 8.34. The van der Waals surface area contributed by atoms with Gasteiger partial charge in [-0.3, -0.25) is 0 Å². The highest BCUT2D eigenvalue weighted by atomic mass is 19.4. The first kappa shape index (κ1) is 12.6. The van der Waals surface area contributed by atoms with Gasteiger partial charge in [0.1, 0.15) is 6.10 Å². The summed E-state index contributed by atoms with van der Waals surface area (Å²) in [6, 6.07) is -1.39. The first-order chi connectivity index (χ1) is 7.33. The molecular weight excluding hydrogens is 231 g/mol. The molecule has 8 heteroatoms. The molecule has 0 unspecified atom stereocenters. The van der Waals surface area contributed by atoms with Gasteiger partial charge in [0.25, 0.3) is 0 Å². The van der Waals surface area contributed by atoms with Crippen molar-refractivity contribution in [3.63, 3.8) is 0 Å². The van der Waals surface area contributed by atoms with E-state index in [0.29, 0.717) is 0 Å². The SMILES string of the molecule is CCOC(=O)[C@H]1NC(=O)O[C@@H]1CC(F)(F)F. The van der Waals surface area contributed by atoms with Gasteiger partial charge in [-0.2, -0.15) is 13.2 Å². The van der Waals surface area contributed by atoms with Gasteiger partial charge in [-0.1, -0.05) is 0 Å². The highest BCUT2D eigenvalue weighted by Gasteiger charge is 2.46. The molecule has 1 N–H and O–H groups in total. The van der Waals surface area contributed by atoms with Crippen LogP contribution in [0.5, 0.6) is 0 Å².